The van der Waals surface area contributed by atoms with E-state index in [1.54, 1.807) is 6.92 Å². The summed E-state index contributed by atoms with van der Waals surface area (Å²) in [7, 11) is 1.30. The van der Waals surface area contributed by atoms with Crippen molar-refractivity contribution in [3.63, 3.8) is 0 Å². The molecule has 180 valence electrons. The number of esters is 1. The maximum absolute atomic E-state index is 14.5. The molecule has 0 radical (unpaired) electrons. The van der Waals surface area contributed by atoms with Crippen LogP contribution in [0.1, 0.15) is 40.9 Å². The largest absolute Gasteiger partial charge is 0.573 e. The molecule has 1 saturated carbocycles. The highest BCUT2D eigenvalue weighted by molar-refractivity contribution is 6.05. The van der Waals surface area contributed by atoms with E-state index in [4.69, 9.17) is 9.47 Å². The van der Waals surface area contributed by atoms with E-state index < -0.39 is 29.8 Å². The van der Waals surface area contributed by atoms with Crippen molar-refractivity contribution < 1.29 is 41.4 Å². The van der Waals surface area contributed by atoms with Crippen molar-refractivity contribution in [2.45, 2.75) is 45.1 Å². The van der Waals surface area contributed by atoms with Crippen molar-refractivity contribution in [3.8, 4) is 11.5 Å². The monoisotopic (exact) mass is 479 g/mol. The first-order chi connectivity index (χ1) is 16.1. The summed E-state index contributed by atoms with van der Waals surface area (Å²) in [5.41, 5.74) is 1.11. The molecule has 0 bridgehead atoms. The van der Waals surface area contributed by atoms with Crippen LogP contribution in [0, 0.1) is 12.7 Å². The lowest BCUT2D eigenvalue weighted by molar-refractivity contribution is -0.274. The highest BCUT2D eigenvalue weighted by Gasteiger charge is 2.31. The fourth-order valence-corrected chi connectivity index (χ4v) is 3.91. The topological polar surface area (TPSA) is 66.8 Å². The summed E-state index contributed by atoms with van der Waals surface area (Å²) in [6, 6.07) is 6.93. The lowest BCUT2D eigenvalue weighted by atomic mass is 9.96. The Morgan fingerprint density at radius 1 is 1.12 bits per heavy atom. The van der Waals surface area contributed by atoms with Crippen LogP contribution in [0.2, 0.25) is 0 Å². The molecule has 1 aliphatic rings. The Hall–Kier alpha value is -3.56. The Morgan fingerprint density at radius 2 is 1.79 bits per heavy atom. The van der Waals surface area contributed by atoms with Crippen molar-refractivity contribution in [2.75, 3.05) is 7.11 Å². The molecule has 1 heterocycles. The van der Waals surface area contributed by atoms with Gasteiger partial charge in [-0.3, -0.25) is 14.2 Å². The quantitative estimate of drug-likeness (QED) is 0.354. The number of carbonyl (C=O) groups excluding carboxylic acids is 2. The smallest absolute Gasteiger partial charge is 0.494 e. The van der Waals surface area contributed by atoms with Crippen molar-refractivity contribution in [1.29, 1.82) is 0 Å². The maximum atomic E-state index is 14.5. The summed E-state index contributed by atoms with van der Waals surface area (Å²) in [6.07, 6.45) is -2.51. The van der Waals surface area contributed by atoms with Gasteiger partial charge in [0.15, 0.2) is 11.6 Å². The molecule has 0 N–H and O–H groups in total. The number of rotatable bonds is 6. The second-order valence-corrected chi connectivity index (χ2v) is 8.00. The zero-order valence-electron chi connectivity index (χ0n) is 18.4. The third kappa shape index (κ3) is 4.71. The molecule has 10 heteroatoms. The van der Waals surface area contributed by atoms with Gasteiger partial charge in [0.25, 0.3) is 5.91 Å². The standard InChI is InChI=1S/C24H21F4NO5/c1-13-17(11-22(30)33-15-4-3-5-15)18-10-21(32-2)19(25)12-20(18)29(13)23(31)14-6-8-16(9-7-14)34-24(26,27)28/h6-10,12,15H,3-5,11H2,1-2H3. The van der Waals surface area contributed by atoms with E-state index in [0.29, 0.717) is 16.6 Å². The zero-order chi connectivity index (χ0) is 24.6. The summed E-state index contributed by atoms with van der Waals surface area (Å²) >= 11 is 0. The molecular weight excluding hydrogens is 458 g/mol. The fraction of sp³-hybridized carbons (Fsp3) is 0.333. The van der Waals surface area contributed by atoms with E-state index in [2.05, 4.69) is 4.74 Å². The van der Waals surface area contributed by atoms with Crippen LogP contribution in [-0.2, 0) is 16.0 Å². The van der Waals surface area contributed by atoms with Gasteiger partial charge < -0.3 is 14.2 Å². The van der Waals surface area contributed by atoms with Gasteiger partial charge in [0.05, 0.1) is 19.0 Å². The minimum atomic E-state index is -4.86. The van der Waals surface area contributed by atoms with Crippen LogP contribution in [0.3, 0.4) is 0 Å². The van der Waals surface area contributed by atoms with Gasteiger partial charge in [-0.25, -0.2) is 4.39 Å². The van der Waals surface area contributed by atoms with E-state index in [1.807, 2.05) is 0 Å². The van der Waals surface area contributed by atoms with Crippen LogP contribution in [0.25, 0.3) is 10.9 Å². The third-order valence-electron chi connectivity index (χ3n) is 5.82. The molecule has 1 aromatic heterocycles. The SMILES string of the molecule is COc1cc2c(CC(=O)OC3CCC3)c(C)n(C(=O)c3ccc(OC(F)(F)F)cc3)c2cc1F. The number of carbonyl (C=O) groups is 2. The van der Waals surface area contributed by atoms with E-state index in [9.17, 15) is 27.2 Å². The summed E-state index contributed by atoms with van der Waals surface area (Å²) in [5, 5.41) is 0.437. The van der Waals surface area contributed by atoms with E-state index in [-0.39, 0.29) is 29.4 Å². The first kappa shape index (κ1) is 23.6. The Labute approximate surface area is 192 Å². The third-order valence-corrected chi connectivity index (χ3v) is 5.82. The number of alkyl halides is 3. The Kier molecular flexibility index (Phi) is 6.24. The molecule has 0 saturated heterocycles. The number of nitrogens with zero attached hydrogens (tertiary/aromatic N) is 1. The molecule has 2 aromatic carbocycles. The number of hydrogen-bond acceptors (Lipinski definition) is 5. The lowest BCUT2D eigenvalue weighted by Crippen LogP contribution is -2.26. The van der Waals surface area contributed by atoms with Gasteiger partial charge >= 0.3 is 12.3 Å². The lowest BCUT2D eigenvalue weighted by Gasteiger charge is -2.25. The van der Waals surface area contributed by atoms with E-state index in [1.165, 1.54) is 29.9 Å². The fourth-order valence-electron chi connectivity index (χ4n) is 3.91. The Balaban J connectivity index is 1.74. The number of aromatic nitrogens is 1. The van der Waals surface area contributed by atoms with Gasteiger partial charge in [-0.15, -0.1) is 13.2 Å². The van der Waals surface area contributed by atoms with Crippen molar-refractivity contribution >= 4 is 22.8 Å². The molecule has 4 rings (SSSR count). The number of fused-ring (bicyclic) bond motifs is 1. The average Bonchev–Trinajstić information content (AvgIpc) is 2.99. The number of hydrogen-bond donors (Lipinski definition) is 0. The minimum Gasteiger partial charge on any atom is -0.494 e. The Bertz CT molecular complexity index is 1240. The zero-order valence-corrected chi connectivity index (χ0v) is 18.4. The van der Waals surface area contributed by atoms with Crippen LogP contribution >= 0.6 is 0 Å². The number of benzene rings is 2. The first-order valence-electron chi connectivity index (χ1n) is 10.5. The number of ether oxygens (including phenoxy) is 3. The normalized spacial score (nSPS) is 14.1. The summed E-state index contributed by atoms with van der Waals surface area (Å²) in [4.78, 5) is 25.8. The predicted octanol–water partition coefficient (Wildman–Crippen LogP) is 5.32. The van der Waals surface area contributed by atoms with Crippen LogP contribution in [-0.4, -0.2) is 36.0 Å². The average molecular weight is 479 g/mol. The predicted molar refractivity (Wildman–Crippen MR) is 113 cm³/mol. The van der Waals surface area contributed by atoms with E-state index >= 15 is 0 Å². The van der Waals surface area contributed by atoms with Gasteiger partial charge in [-0.1, -0.05) is 0 Å². The molecule has 1 aliphatic carbocycles. The molecule has 3 aromatic rings. The molecule has 0 spiro atoms. The van der Waals surface area contributed by atoms with Crippen LogP contribution < -0.4 is 9.47 Å². The first-order valence-corrected chi connectivity index (χ1v) is 10.5. The molecule has 1 fully saturated rings. The van der Waals surface area contributed by atoms with Gasteiger partial charge in [-0.2, -0.15) is 0 Å². The van der Waals surface area contributed by atoms with Crippen LogP contribution in [0.5, 0.6) is 11.5 Å². The van der Waals surface area contributed by atoms with Crippen LogP contribution in [0.15, 0.2) is 36.4 Å². The molecule has 0 amide bonds. The second kappa shape index (κ2) is 9.00. The molecule has 34 heavy (non-hydrogen) atoms. The number of halogens is 4. The molecule has 0 aliphatic heterocycles. The van der Waals surface area contributed by atoms with Gasteiger partial charge in [0.2, 0.25) is 0 Å². The maximum Gasteiger partial charge on any atom is 0.573 e. The Morgan fingerprint density at radius 3 is 2.35 bits per heavy atom. The molecule has 0 unspecified atom stereocenters. The second-order valence-electron chi connectivity index (χ2n) is 8.00. The van der Waals surface area contributed by atoms with Crippen molar-refractivity contribution in [2.24, 2.45) is 0 Å². The highest BCUT2D eigenvalue weighted by Crippen LogP contribution is 2.33. The summed E-state index contributed by atoms with van der Waals surface area (Å²) in [6.45, 7) is 1.61. The van der Waals surface area contributed by atoms with Gasteiger partial charge in [-0.05, 0) is 62.1 Å². The van der Waals surface area contributed by atoms with Crippen LogP contribution in [0.4, 0.5) is 17.6 Å². The molecule has 6 nitrogen and oxygen atoms in total. The summed E-state index contributed by atoms with van der Waals surface area (Å²) in [5.74, 6) is -2.31. The highest BCUT2D eigenvalue weighted by atomic mass is 19.4. The molecule has 0 atom stereocenters. The van der Waals surface area contributed by atoms with Crippen molar-refractivity contribution in [3.05, 3.63) is 59.0 Å². The number of methoxy groups -OCH3 is 1. The summed E-state index contributed by atoms with van der Waals surface area (Å²) < 4.78 is 67.4. The molecular formula is C24H21F4NO5. The van der Waals surface area contributed by atoms with E-state index in [0.717, 1.165) is 37.5 Å². The minimum absolute atomic E-state index is 0.0503. The van der Waals surface area contributed by atoms with Gasteiger partial charge in [0, 0.05) is 22.7 Å². The van der Waals surface area contributed by atoms with Gasteiger partial charge in [0.1, 0.15) is 11.9 Å². The van der Waals surface area contributed by atoms with Crippen molar-refractivity contribution in [1.82, 2.24) is 4.57 Å².